The van der Waals surface area contributed by atoms with Gasteiger partial charge in [0, 0.05) is 13.6 Å². The third kappa shape index (κ3) is 11.8. The summed E-state index contributed by atoms with van der Waals surface area (Å²) in [5.41, 5.74) is 0. The monoisotopic (exact) mass is 244 g/mol. The highest BCUT2D eigenvalue weighted by molar-refractivity contribution is 7.80. The van der Waals surface area contributed by atoms with Crippen molar-refractivity contribution in [1.29, 1.82) is 0 Å². The maximum Gasteiger partial charge on any atom is 0.166 e. The first-order chi connectivity index (χ1) is 7.81. The Labute approximate surface area is 107 Å². The molecule has 0 bridgehead atoms. The molecule has 0 rings (SSSR count). The Bertz CT molecular complexity index is 160. The van der Waals surface area contributed by atoms with Crippen molar-refractivity contribution in [2.75, 3.05) is 13.6 Å². The summed E-state index contributed by atoms with van der Waals surface area (Å²) in [5, 5.41) is 6.85. The molecule has 2 N–H and O–H groups in total. The second-order valence-corrected chi connectivity index (χ2v) is 4.74. The lowest BCUT2D eigenvalue weighted by Gasteiger charge is -2.06. The van der Waals surface area contributed by atoms with Crippen molar-refractivity contribution >= 4 is 17.3 Å². The quantitative estimate of drug-likeness (QED) is 0.453. The van der Waals surface area contributed by atoms with E-state index in [2.05, 4.69) is 17.6 Å². The van der Waals surface area contributed by atoms with Crippen molar-refractivity contribution in [3.05, 3.63) is 0 Å². The predicted molar refractivity (Wildman–Crippen MR) is 76.9 cm³/mol. The van der Waals surface area contributed by atoms with Gasteiger partial charge in [-0.2, -0.15) is 0 Å². The largest absolute Gasteiger partial charge is 0.366 e. The van der Waals surface area contributed by atoms with Gasteiger partial charge in [-0.25, -0.2) is 0 Å². The van der Waals surface area contributed by atoms with Crippen LogP contribution in [0.2, 0.25) is 0 Å². The third-order valence-corrected chi connectivity index (χ3v) is 3.14. The van der Waals surface area contributed by atoms with Crippen molar-refractivity contribution in [1.82, 2.24) is 10.6 Å². The fourth-order valence-corrected chi connectivity index (χ4v) is 1.83. The fraction of sp³-hybridized carbons (Fsp3) is 0.923. The van der Waals surface area contributed by atoms with Crippen LogP contribution in [0.5, 0.6) is 0 Å². The molecule has 0 aliphatic rings. The van der Waals surface area contributed by atoms with Gasteiger partial charge in [0.15, 0.2) is 5.11 Å². The van der Waals surface area contributed by atoms with Crippen molar-refractivity contribution in [2.24, 2.45) is 0 Å². The van der Waals surface area contributed by atoms with Crippen LogP contribution in [0, 0.1) is 0 Å². The van der Waals surface area contributed by atoms with Crippen LogP contribution in [0.3, 0.4) is 0 Å². The van der Waals surface area contributed by atoms with Crippen LogP contribution in [0.1, 0.15) is 64.7 Å². The Balaban J connectivity index is 2.96. The topological polar surface area (TPSA) is 24.1 Å². The molecule has 0 aliphatic carbocycles. The van der Waals surface area contributed by atoms with Gasteiger partial charge >= 0.3 is 0 Å². The van der Waals surface area contributed by atoms with E-state index in [-0.39, 0.29) is 0 Å². The lowest BCUT2D eigenvalue weighted by molar-refractivity contribution is 0.562. The Kier molecular flexibility index (Phi) is 12.5. The molecule has 0 aromatic carbocycles. The van der Waals surface area contributed by atoms with Crippen LogP contribution in [0.25, 0.3) is 0 Å². The van der Waals surface area contributed by atoms with Crippen LogP contribution < -0.4 is 10.6 Å². The molecule has 0 amide bonds. The second-order valence-electron chi connectivity index (χ2n) is 4.33. The zero-order valence-corrected chi connectivity index (χ0v) is 11.8. The van der Waals surface area contributed by atoms with E-state index >= 15 is 0 Å². The minimum Gasteiger partial charge on any atom is -0.366 e. The lowest BCUT2D eigenvalue weighted by Crippen LogP contribution is -2.32. The third-order valence-electron chi connectivity index (χ3n) is 2.79. The average Bonchev–Trinajstić information content (AvgIpc) is 2.31. The number of unbranched alkanes of at least 4 members (excludes halogenated alkanes) is 8. The molecule has 0 saturated carbocycles. The molecule has 0 aromatic rings. The summed E-state index contributed by atoms with van der Waals surface area (Å²) >= 11 is 4.99. The molecule has 0 saturated heterocycles. The van der Waals surface area contributed by atoms with Gasteiger partial charge in [-0.15, -0.1) is 0 Å². The lowest BCUT2D eigenvalue weighted by atomic mass is 10.1. The summed E-state index contributed by atoms with van der Waals surface area (Å²) in [5.74, 6) is 0. The normalized spacial score (nSPS) is 10.1. The van der Waals surface area contributed by atoms with Crippen LogP contribution in [-0.2, 0) is 0 Å². The number of hydrogen-bond acceptors (Lipinski definition) is 1. The summed E-state index contributed by atoms with van der Waals surface area (Å²) in [6, 6.07) is 0. The van der Waals surface area contributed by atoms with Gasteiger partial charge in [-0.1, -0.05) is 58.3 Å². The number of rotatable bonds is 10. The summed E-state index contributed by atoms with van der Waals surface area (Å²) in [6.45, 7) is 3.28. The Hall–Kier alpha value is -0.310. The second kappa shape index (κ2) is 12.8. The zero-order valence-electron chi connectivity index (χ0n) is 11.0. The zero-order chi connectivity index (χ0) is 12.1. The minimum absolute atomic E-state index is 0.763. The summed E-state index contributed by atoms with van der Waals surface area (Å²) < 4.78 is 0. The molecule has 0 radical (unpaired) electrons. The molecule has 2 nitrogen and oxygen atoms in total. The molecule has 0 spiro atoms. The van der Waals surface area contributed by atoms with Crippen LogP contribution >= 0.6 is 12.2 Å². The van der Waals surface area contributed by atoms with Crippen molar-refractivity contribution < 1.29 is 0 Å². The van der Waals surface area contributed by atoms with E-state index in [0.717, 1.165) is 11.7 Å². The molecule has 0 fully saturated rings. The van der Waals surface area contributed by atoms with Gasteiger partial charge in [0.2, 0.25) is 0 Å². The molecule has 0 aromatic heterocycles. The average molecular weight is 244 g/mol. The predicted octanol–water partition coefficient (Wildman–Crippen LogP) is 3.61. The van der Waals surface area contributed by atoms with E-state index in [1.54, 1.807) is 0 Å². The molecular weight excluding hydrogens is 216 g/mol. The van der Waals surface area contributed by atoms with Crippen molar-refractivity contribution in [2.45, 2.75) is 64.7 Å². The molecule has 96 valence electrons. The number of hydrogen-bond donors (Lipinski definition) is 2. The van der Waals surface area contributed by atoms with Crippen LogP contribution in [0.15, 0.2) is 0 Å². The molecular formula is C13H28N2S. The minimum atomic E-state index is 0.763. The van der Waals surface area contributed by atoms with Gasteiger partial charge in [0.25, 0.3) is 0 Å². The van der Waals surface area contributed by atoms with Gasteiger partial charge in [-0.05, 0) is 18.6 Å². The summed E-state index contributed by atoms with van der Waals surface area (Å²) in [4.78, 5) is 0. The molecule has 3 heteroatoms. The Morgan fingerprint density at radius 3 is 1.88 bits per heavy atom. The maximum atomic E-state index is 4.99. The van der Waals surface area contributed by atoms with E-state index in [1.165, 1.54) is 57.8 Å². The Morgan fingerprint density at radius 1 is 0.875 bits per heavy atom. The molecule has 0 heterocycles. The molecule has 16 heavy (non-hydrogen) atoms. The van der Waals surface area contributed by atoms with E-state index in [9.17, 15) is 0 Å². The highest BCUT2D eigenvalue weighted by Crippen LogP contribution is 2.08. The van der Waals surface area contributed by atoms with Gasteiger partial charge < -0.3 is 10.6 Å². The Morgan fingerprint density at radius 2 is 1.38 bits per heavy atom. The molecule has 0 atom stereocenters. The van der Waals surface area contributed by atoms with Crippen molar-refractivity contribution in [3.63, 3.8) is 0 Å². The fourth-order valence-electron chi connectivity index (χ4n) is 1.73. The maximum absolute atomic E-state index is 4.99. The standard InChI is InChI=1S/C13H28N2S/c1-3-4-5-6-7-8-9-10-11-12-15-13(16)14-2/h3-12H2,1-2H3,(H2,14,15,16). The van der Waals surface area contributed by atoms with Crippen LogP contribution in [-0.4, -0.2) is 18.7 Å². The summed E-state index contributed by atoms with van der Waals surface area (Å²) in [7, 11) is 1.85. The van der Waals surface area contributed by atoms with Gasteiger partial charge in [0.05, 0.1) is 0 Å². The first-order valence-electron chi connectivity index (χ1n) is 6.76. The smallest absolute Gasteiger partial charge is 0.166 e. The van der Waals surface area contributed by atoms with Crippen molar-refractivity contribution in [3.8, 4) is 0 Å². The van der Waals surface area contributed by atoms with Crippen LogP contribution in [0.4, 0.5) is 0 Å². The SMILES string of the molecule is CCCCCCCCCCCNC(=S)NC. The molecule has 0 aliphatic heterocycles. The van der Waals surface area contributed by atoms with Gasteiger partial charge in [0.1, 0.15) is 0 Å². The number of nitrogens with one attached hydrogen (secondary N) is 2. The van der Waals surface area contributed by atoms with Gasteiger partial charge in [-0.3, -0.25) is 0 Å². The molecule has 0 unspecified atom stereocenters. The summed E-state index contributed by atoms with van der Waals surface area (Å²) in [6.07, 6.45) is 12.4. The van der Waals surface area contributed by atoms with E-state index in [4.69, 9.17) is 12.2 Å². The highest BCUT2D eigenvalue weighted by atomic mass is 32.1. The first kappa shape index (κ1) is 15.7. The van der Waals surface area contributed by atoms with E-state index in [1.807, 2.05) is 7.05 Å². The van der Waals surface area contributed by atoms with E-state index < -0.39 is 0 Å². The van der Waals surface area contributed by atoms with E-state index in [0.29, 0.717) is 0 Å². The first-order valence-corrected chi connectivity index (χ1v) is 7.17. The highest BCUT2D eigenvalue weighted by Gasteiger charge is 1.93. The number of thiocarbonyl (C=S) groups is 1.